The quantitative estimate of drug-likeness (QED) is 0.870. The first kappa shape index (κ1) is 15.4. The molecule has 4 heteroatoms. The number of piperidine rings is 1. The molecule has 20 heavy (non-hydrogen) atoms. The Balaban J connectivity index is 1.81. The highest BCUT2D eigenvalue weighted by atomic mass is 19.1. The lowest BCUT2D eigenvalue weighted by Crippen LogP contribution is -2.40. The lowest BCUT2D eigenvalue weighted by atomic mass is 10.0. The van der Waals surface area contributed by atoms with Crippen LogP contribution in [0.5, 0.6) is 0 Å². The van der Waals surface area contributed by atoms with Crippen molar-refractivity contribution in [3.8, 4) is 0 Å². The molecule has 2 unspecified atom stereocenters. The molecule has 0 spiro atoms. The van der Waals surface area contributed by atoms with Crippen LogP contribution in [0.4, 0.5) is 4.39 Å². The van der Waals surface area contributed by atoms with Crippen molar-refractivity contribution in [1.82, 2.24) is 4.90 Å². The number of nitrogens with zero attached hydrogens (tertiary/aromatic N) is 1. The number of halogens is 1. The monoisotopic (exact) mass is 280 g/mol. The molecule has 1 saturated heterocycles. The van der Waals surface area contributed by atoms with E-state index in [0.717, 1.165) is 39.1 Å². The van der Waals surface area contributed by atoms with Crippen LogP contribution >= 0.6 is 0 Å². The average Bonchev–Trinajstić information content (AvgIpc) is 2.46. The fourth-order valence-electron chi connectivity index (χ4n) is 2.84. The molecule has 2 rings (SSSR count). The summed E-state index contributed by atoms with van der Waals surface area (Å²) in [5.74, 6) is -0.203. The summed E-state index contributed by atoms with van der Waals surface area (Å²) in [6.45, 7) is 5.77. The molecule has 2 N–H and O–H groups in total. The van der Waals surface area contributed by atoms with Crippen LogP contribution in [0.25, 0.3) is 0 Å². The highest BCUT2D eigenvalue weighted by Gasteiger charge is 2.20. The van der Waals surface area contributed by atoms with Gasteiger partial charge in [0, 0.05) is 31.3 Å². The topological polar surface area (TPSA) is 38.5 Å². The van der Waals surface area contributed by atoms with Crippen LogP contribution in [0.15, 0.2) is 24.3 Å². The van der Waals surface area contributed by atoms with Gasteiger partial charge >= 0.3 is 0 Å². The van der Waals surface area contributed by atoms with Crippen molar-refractivity contribution in [2.75, 3.05) is 26.2 Å². The molecule has 0 bridgehead atoms. The Bertz CT molecular complexity index is 411. The Morgan fingerprint density at radius 1 is 1.45 bits per heavy atom. The molecule has 3 nitrogen and oxygen atoms in total. The van der Waals surface area contributed by atoms with E-state index in [2.05, 4.69) is 4.90 Å². The van der Waals surface area contributed by atoms with Crippen molar-refractivity contribution in [3.05, 3.63) is 35.6 Å². The van der Waals surface area contributed by atoms with E-state index in [-0.39, 0.29) is 11.9 Å². The van der Waals surface area contributed by atoms with Crippen LogP contribution < -0.4 is 5.73 Å². The minimum absolute atomic E-state index is 0.203. The third-order valence-corrected chi connectivity index (χ3v) is 3.93. The van der Waals surface area contributed by atoms with Gasteiger partial charge in [-0.05, 0) is 38.8 Å². The molecule has 1 fully saturated rings. The number of benzene rings is 1. The van der Waals surface area contributed by atoms with Gasteiger partial charge in [0.1, 0.15) is 5.82 Å². The van der Waals surface area contributed by atoms with Crippen molar-refractivity contribution in [1.29, 1.82) is 0 Å². The smallest absolute Gasteiger partial charge is 0.127 e. The lowest BCUT2D eigenvalue weighted by Gasteiger charge is -2.33. The molecular formula is C16H25FN2O. The maximum absolute atomic E-state index is 13.7. The summed E-state index contributed by atoms with van der Waals surface area (Å²) in [4.78, 5) is 2.38. The number of hydrogen-bond acceptors (Lipinski definition) is 3. The van der Waals surface area contributed by atoms with Gasteiger partial charge in [0.05, 0.1) is 6.10 Å². The molecule has 1 aliphatic rings. The van der Waals surface area contributed by atoms with Crippen molar-refractivity contribution in [3.63, 3.8) is 0 Å². The zero-order valence-corrected chi connectivity index (χ0v) is 12.2. The molecule has 0 radical (unpaired) electrons. The van der Waals surface area contributed by atoms with Gasteiger partial charge in [0.2, 0.25) is 0 Å². The second-order valence-electron chi connectivity index (χ2n) is 5.44. The van der Waals surface area contributed by atoms with Crippen molar-refractivity contribution in [2.24, 2.45) is 5.73 Å². The van der Waals surface area contributed by atoms with Crippen LogP contribution in [0, 0.1) is 5.82 Å². The summed E-state index contributed by atoms with van der Waals surface area (Å²) < 4.78 is 19.3. The van der Waals surface area contributed by atoms with Crippen LogP contribution in [0.3, 0.4) is 0 Å². The van der Waals surface area contributed by atoms with Crippen molar-refractivity contribution in [2.45, 2.75) is 38.3 Å². The predicted octanol–water partition coefficient (Wildman–Crippen LogP) is 2.72. The molecule has 0 aliphatic carbocycles. The van der Waals surface area contributed by atoms with Gasteiger partial charge in [0.15, 0.2) is 0 Å². The maximum atomic E-state index is 13.7. The summed E-state index contributed by atoms with van der Waals surface area (Å²) in [6, 6.07) is 6.55. The van der Waals surface area contributed by atoms with Gasteiger partial charge in [-0.2, -0.15) is 0 Å². The molecule has 1 aromatic rings. The summed E-state index contributed by atoms with van der Waals surface area (Å²) in [7, 11) is 0. The summed E-state index contributed by atoms with van der Waals surface area (Å²) in [5.41, 5.74) is 6.72. The Kier molecular flexibility index (Phi) is 5.95. The number of hydrogen-bond donors (Lipinski definition) is 1. The first-order valence-corrected chi connectivity index (χ1v) is 7.54. The van der Waals surface area contributed by atoms with E-state index in [1.165, 1.54) is 12.5 Å². The summed E-state index contributed by atoms with van der Waals surface area (Å²) in [6.07, 6.45) is 3.43. The third kappa shape index (κ3) is 4.27. The normalized spacial score (nSPS) is 21.9. The molecule has 0 aromatic heterocycles. The fraction of sp³-hybridized carbons (Fsp3) is 0.625. The highest BCUT2D eigenvalue weighted by molar-refractivity contribution is 5.20. The molecular weight excluding hydrogens is 255 g/mol. The second-order valence-corrected chi connectivity index (χ2v) is 5.44. The predicted molar refractivity (Wildman–Crippen MR) is 79.0 cm³/mol. The Labute approximate surface area is 120 Å². The summed E-state index contributed by atoms with van der Waals surface area (Å²) in [5, 5.41) is 0. The second kappa shape index (κ2) is 7.72. The maximum Gasteiger partial charge on any atom is 0.127 e. The molecule has 1 heterocycles. The van der Waals surface area contributed by atoms with E-state index in [1.807, 2.05) is 13.0 Å². The number of ether oxygens (including phenoxy) is 1. The lowest BCUT2D eigenvalue weighted by molar-refractivity contribution is 0.00528. The van der Waals surface area contributed by atoms with Gasteiger partial charge in [0.25, 0.3) is 0 Å². The first-order valence-electron chi connectivity index (χ1n) is 7.54. The van der Waals surface area contributed by atoms with Gasteiger partial charge in [-0.3, -0.25) is 0 Å². The van der Waals surface area contributed by atoms with Gasteiger partial charge in [-0.15, -0.1) is 0 Å². The van der Waals surface area contributed by atoms with Crippen LogP contribution in [0.1, 0.15) is 37.8 Å². The summed E-state index contributed by atoms with van der Waals surface area (Å²) >= 11 is 0. The highest BCUT2D eigenvalue weighted by Crippen LogP contribution is 2.19. The Morgan fingerprint density at radius 3 is 3.00 bits per heavy atom. The molecule has 0 saturated carbocycles. The van der Waals surface area contributed by atoms with E-state index in [1.54, 1.807) is 12.1 Å². The third-order valence-electron chi connectivity index (χ3n) is 3.93. The molecule has 1 aliphatic heterocycles. The van der Waals surface area contributed by atoms with Gasteiger partial charge in [-0.25, -0.2) is 4.39 Å². The van der Waals surface area contributed by atoms with Crippen LogP contribution in [-0.4, -0.2) is 37.2 Å². The van der Waals surface area contributed by atoms with Gasteiger partial charge in [-0.1, -0.05) is 18.2 Å². The van der Waals surface area contributed by atoms with Crippen LogP contribution in [-0.2, 0) is 4.74 Å². The average molecular weight is 280 g/mol. The van der Waals surface area contributed by atoms with E-state index in [9.17, 15) is 4.39 Å². The number of nitrogens with two attached hydrogens (primary N) is 1. The zero-order chi connectivity index (χ0) is 14.4. The van der Waals surface area contributed by atoms with E-state index >= 15 is 0 Å². The molecule has 0 amide bonds. The van der Waals surface area contributed by atoms with E-state index < -0.39 is 0 Å². The van der Waals surface area contributed by atoms with E-state index in [4.69, 9.17) is 10.5 Å². The van der Waals surface area contributed by atoms with Gasteiger partial charge < -0.3 is 15.4 Å². The standard InChI is InChI=1S/C16H25FN2O/c1-2-20-13-6-5-10-19(12-13)11-9-16(18)14-7-3-4-8-15(14)17/h3-4,7-8,13,16H,2,5-6,9-12,18H2,1H3. The fourth-order valence-corrected chi connectivity index (χ4v) is 2.84. The zero-order valence-electron chi connectivity index (χ0n) is 12.2. The molecule has 1 aromatic carbocycles. The number of likely N-dealkylation sites (tertiary alicyclic amines) is 1. The van der Waals surface area contributed by atoms with Crippen LogP contribution in [0.2, 0.25) is 0 Å². The van der Waals surface area contributed by atoms with Crippen molar-refractivity contribution < 1.29 is 9.13 Å². The first-order chi connectivity index (χ1) is 9.70. The largest absolute Gasteiger partial charge is 0.377 e. The van der Waals surface area contributed by atoms with E-state index in [0.29, 0.717) is 11.7 Å². The number of rotatable bonds is 6. The molecule has 2 atom stereocenters. The molecule has 112 valence electrons. The minimum Gasteiger partial charge on any atom is -0.377 e. The Hall–Kier alpha value is -0.970. The SMILES string of the molecule is CCOC1CCCN(CCC(N)c2ccccc2F)C1. The minimum atomic E-state index is -0.233. The Morgan fingerprint density at radius 2 is 2.25 bits per heavy atom. The van der Waals surface area contributed by atoms with Crippen molar-refractivity contribution >= 4 is 0 Å².